The number of rotatable bonds is 15. The Morgan fingerprint density at radius 1 is 0.943 bits per heavy atom. The molecule has 0 aliphatic carbocycles. The fourth-order valence-corrected chi connectivity index (χ4v) is 9.27. The molecule has 0 bridgehead atoms. The van der Waals surface area contributed by atoms with Crippen molar-refractivity contribution in [1.29, 1.82) is 0 Å². The van der Waals surface area contributed by atoms with Crippen LogP contribution in [0.15, 0.2) is 76.5 Å². The van der Waals surface area contributed by atoms with Crippen LogP contribution in [0.25, 0.3) is 38.4 Å². The van der Waals surface area contributed by atoms with Gasteiger partial charge < -0.3 is 34.7 Å². The van der Waals surface area contributed by atoms with E-state index in [4.69, 9.17) is 14.5 Å². The minimum Gasteiger partial charge on any atom is -0.390 e. The fraction of sp³-hybridized carbons (Fsp3) is 0.281. The summed E-state index contributed by atoms with van der Waals surface area (Å²) in [5, 5.41) is 20.3. The Balaban J connectivity index is 1.01. The van der Waals surface area contributed by atoms with Gasteiger partial charge in [0, 0.05) is 25.6 Å². The van der Waals surface area contributed by atoms with Crippen molar-refractivity contribution in [1.82, 2.24) is 14.9 Å². The van der Waals surface area contributed by atoms with Crippen LogP contribution in [-0.2, 0) is 42.8 Å². The van der Waals surface area contributed by atoms with Gasteiger partial charge in [0.15, 0.2) is 0 Å². The summed E-state index contributed by atoms with van der Waals surface area (Å²) < 4.78 is 52.6. The average molecular weight is 794 g/mol. The first-order chi connectivity index (χ1) is 25.0. The van der Waals surface area contributed by atoms with E-state index in [1.165, 1.54) is 33.7 Å². The normalized spacial score (nSPS) is 20.4. The molecule has 4 aromatic carbocycles. The molecule has 2 heterocycles. The number of ether oxygens (including phenoxy) is 1. The molecular formula is C32H34N3O15P3. The van der Waals surface area contributed by atoms with Crippen molar-refractivity contribution in [3.8, 4) is 0 Å². The van der Waals surface area contributed by atoms with E-state index in [1.807, 2.05) is 6.07 Å². The lowest BCUT2D eigenvalue weighted by Crippen LogP contribution is -2.33. The zero-order valence-electron chi connectivity index (χ0n) is 27.5. The maximum Gasteiger partial charge on any atom is 0.490 e. The number of hydrogen-bond acceptors (Lipinski definition) is 11. The van der Waals surface area contributed by atoms with Gasteiger partial charge in [0.1, 0.15) is 12.3 Å². The molecule has 0 saturated carbocycles. The molecule has 1 aliphatic rings. The molecule has 1 aromatic heterocycles. The lowest BCUT2D eigenvalue weighted by atomic mass is 9.90. The van der Waals surface area contributed by atoms with Gasteiger partial charge in [-0.25, -0.2) is 18.5 Å². The highest BCUT2D eigenvalue weighted by atomic mass is 31.3. The van der Waals surface area contributed by atoms with Crippen molar-refractivity contribution in [2.24, 2.45) is 0 Å². The van der Waals surface area contributed by atoms with E-state index in [0.29, 0.717) is 12.8 Å². The van der Waals surface area contributed by atoms with Gasteiger partial charge in [-0.05, 0) is 50.7 Å². The summed E-state index contributed by atoms with van der Waals surface area (Å²) in [7, 11) is -16.8. The molecule has 18 nitrogen and oxygen atoms in total. The third-order valence-corrected chi connectivity index (χ3v) is 12.3. The highest BCUT2D eigenvalue weighted by Gasteiger charge is 2.43. The van der Waals surface area contributed by atoms with Crippen LogP contribution in [0.4, 0.5) is 0 Å². The molecule has 7 N–H and O–H groups in total. The van der Waals surface area contributed by atoms with Gasteiger partial charge in [0.25, 0.3) is 5.56 Å². The Labute approximate surface area is 299 Å². The van der Waals surface area contributed by atoms with Crippen LogP contribution in [0.3, 0.4) is 0 Å². The van der Waals surface area contributed by atoms with Crippen molar-refractivity contribution < 1.29 is 61.1 Å². The largest absolute Gasteiger partial charge is 0.490 e. The number of phosphoric ester groups is 1. The number of aromatic nitrogens is 2. The third kappa shape index (κ3) is 9.45. The van der Waals surface area contributed by atoms with Crippen LogP contribution in [0, 0.1) is 0 Å². The highest BCUT2D eigenvalue weighted by molar-refractivity contribution is 7.66. The van der Waals surface area contributed by atoms with Crippen LogP contribution in [0.2, 0.25) is 0 Å². The number of aliphatic hydroxyl groups is 1. The number of carbonyl (C=O) groups excluding carboxylic acids is 1. The summed E-state index contributed by atoms with van der Waals surface area (Å²) in [6.07, 6.45) is 1.34. The summed E-state index contributed by atoms with van der Waals surface area (Å²) >= 11 is 0. The summed E-state index contributed by atoms with van der Waals surface area (Å²) in [5.41, 5.74) is -0.495. The number of amides is 1. The minimum atomic E-state index is -5.75. The van der Waals surface area contributed by atoms with Crippen LogP contribution < -0.4 is 16.6 Å². The molecule has 5 atom stereocenters. The summed E-state index contributed by atoms with van der Waals surface area (Å²) in [4.78, 5) is 76.0. The van der Waals surface area contributed by atoms with Gasteiger partial charge in [-0.1, -0.05) is 66.7 Å². The third-order valence-electron chi connectivity index (χ3n) is 8.51. The van der Waals surface area contributed by atoms with Gasteiger partial charge in [-0.2, -0.15) is 8.62 Å². The number of aromatic amines is 1. The number of carbonyl (C=O) groups is 1. The predicted molar refractivity (Wildman–Crippen MR) is 191 cm³/mol. The second-order valence-electron chi connectivity index (χ2n) is 12.2. The number of aryl methyl sites for hydroxylation is 1. The molecule has 2 unspecified atom stereocenters. The van der Waals surface area contributed by atoms with E-state index in [2.05, 4.69) is 72.0 Å². The monoisotopic (exact) mass is 793 g/mol. The number of benzene rings is 4. The Morgan fingerprint density at radius 2 is 1.62 bits per heavy atom. The van der Waals surface area contributed by atoms with E-state index < -0.39 is 59.8 Å². The van der Waals surface area contributed by atoms with Gasteiger partial charge in [-0.3, -0.25) is 23.7 Å². The summed E-state index contributed by atoms with van der Waals surface area (Å²) in [6.45, 7) is -0.859. The standard InChI is InChI=1S/C32H34N3O15P3/c36-25-16-28(48-26(25)18-47-52(43,44)50-53(45,46)49-51(40,41)42)35-17-23(31(38)34-32(35)39)7-3-15-33-27(37)8-2-4-19-9-10-22-12-11-20-5-1-6-21-13-14-24(19)30(22)29(20)21/h1,3,5-7,9-14,17,25-26,28,36H,2,4,8,15-16,18H2,(H,33,37)(H,43,44)(H,45,46)(H,34,38,39)(H2,40,41,42)/b7-3+/t25-,26+,28+/m0/s1. The molecule has 5 aromatic rings. The first kappa shape index (κ1) is 38.9. The molecular weight excluding hydrogens is 759 g/mol. The van der Waals surface area contributed by atoms with Crippen molar-refractivity contribution in [2.45, 2.75) is 44.1 Å². The second kappa shape index (κ2) is 15.5. The van der Waals surface area contributed by atoms with Crippen LogP contribution in [0.1, 0.15) is 36.6 Å². The molecule has 1 saturated heterocycles. The number of H-pyrrole nitrogens is 1. The number of aliphatic hydroxyl groups excluding tert-OH is 1. The number of nitrogens with one attached hydrogen (secondary N) is 2. The second-order valence-corrected chi connectivity index (χ2v) is 16.6. The van der Waals surface area contributed by atoms with Crippen molar-refractivity contribution in [3.05, 3.63) is 98.8 Å². The van der Waals surface area contributed by atoms with Gasteiger partial charge in [0.2, 0.25) is 5.91 Å². The van der Waals surface area contributed by atoms with Gasteiger partial charge in [-0.15, -0.1) is 0 Å². The molecule has 6 rings (SSSR count). The van der Waals surface area contributed by atoms with Crippen molar-refractivity contribution in [3.63, 3.8) is 0 Å². The highest BCUT2D eigenvalue weighted by Crippen LogP contribution is 2.66. The van der Waals surface area contributed by atoms with Gasteiger partial charge >= 0.3 is 29.2 Å². The van der Waals surface area contributed by atoms with E-state index in [-0.39, 0.29) is 30.9 Å². The smallest absolute Gasteiger partial charge is 0.390 e. The van der Waals surface area contributed by atoms with Gasteiger partial charge in [0.05, 0.1) is 18.3 Å². The lowest BCUT2D eigenvalue weighted by Gasteiger charge is -2.19. The molecule has 53 heavy (non-hydrogen) atoms. The molecule has 1 amide bonds. The first-order valence-corrected chi connectivity index (χ1v) is 20.6. The molecule has 282 valence electrons. The molecule has 0 spiro atoms. The Bertz CT molecular complexity index is 2440. The zero-order valence-corrected chi connectivity index (χ0v) is 30.2. The first-order valence-electron chi connectivity index (χ1n) is 16.0. The maximum absolute atomic E-state index is 12.6. The lowest BCUT2D eigenvalue weighted by molar-refractivity contribution is -0.120. The van der Waals surface area contributed by atoms with Crippen LogP contribution >= 0.6 is 23.5 Å². The Kier molecular flexibility index (Phi) is 11.3. The van der Waals surface area contributed by atoms with E-state index >= 15 is 0 Å². The minimum absolute atomic E-state index is 0.00246. The maximum atomic E-state index is 12.6. The quantitative estimate of drug-likeness (QED) is 0.0590. The average Bonchev–Trinajstić information content (AvgIpc) is 3.44. The molecule has 0 radical (unpaired) electrons. The molecule has 1 aliphatic heterocycles. The van der Waals surface area contributed by atoms with Crippen LogP contribution in [0.5, 0.6) is 0 Å². The summed E-state index contributed by atoms with van der Waals surface area (Å²) in [5.74, 6) is -0.193. The van der Waals surface area contributed by atoms with E-state index in [1.54, 1.807) is 0 Å². The predicted octanol–water partition coefficient (Wildman–Crippen LogP) is 3.58. The number of nitrogens with zero attached hydrogens (tertiary/aromatic N) is 1. The number of hydrogen-bond donors (Lipinski definition) is 7. The van der Waals surface area contributed by atoms with Crippen molar-refractivity contribution >= 4 is 67.8 Å². The Morgan fingerprint density at radius 3 is 2.34 bits per heavy atom. The number of phosphoric acid groups is 3. The topological polar surface area (TPSA) is 273 Å². The molecule has 21 heteroatoms. The van der Waals surface area contributed by atoms with Crippen molar-refractivity contribution in [2.75, 3.05) is 13.2 Å². The van der Waals surface area contributed by atoms with E-state index in [0.717, 1.165) is 27.1 Å². The van der Waals surface area contributed by atoms with E-state index in [9.17, 15) is 43.0 Å². The van der Waals surface area contributed by atoms with Crippen LogP contribution in [-0.4, -0.2) is 65.5 Å². The zero-order chi connectivity index (χ0) is 38.1. The Hall–Kier alpha value is -3.86. The summed E-state index contributed by atoms with van der Waals surface area (Å²) in [6, 6.07) is 19.0. The SMILES string of the molecule is O=C(CCCc1ccc2ccc3cccc4ccc1c2c34)NC/C=C/c1cn([C@H]2C[C@H](O)[C@@H](COP(=O)(O)OP(=O)(O)OP(=O)(O)O)O2)c(=O)[nH]c1=O. The molecule has 1 fully saturated rings. The fourth-order valence-electron chi connectivity index (χ4n) is 6.24.